The van der Waals surface area contributed by atoms with E-state index in [1.54, 1.807) is 0 Å². The fourth-order valence-electron chi connectivity index (χ4n) is 1.86. The van der Waals surface area contributed by atoms with Crippen molar-refractivity contribution in [1.29, 1.82) is 0 Å². The summed E-state index contributed by atoms with van der Waals surface area (Å²) < 4.78 is 54.5. The number of hydrogen-bond donors (Lipinski definition) is 0. The summed E-state index contributed by atoms with van der Waals surface area (Å²) in [5.74, 6) is 0. The van der Waals surface area contributed by atoms with Gasteiger partial charge in [0, 0.05) is 12.8 Å². The normalized spacial score (nSPS) is 16.1. The summed E-state index contributed by atoms with van der Waals surface area (Å²) in [6.45, 7) is 6.52. The maximum Gasteiger partial charge on any atom is 3.00 e. The number of quaternary nitrogens is 1. The van der Waals surface area contributed by atoms with Crippen molar-refractivity contribution in [2.45, 2.75) is 26.2 Å². The maximum atomic E-state index is 9.92. The second-order valence-corrected chi connectivity index (χ2v) is 4.66. The molecule has 111 valence electrons. The molecule has 0 aromatic carbocycles. The molecule has 0 saturated carbocycles. The maximum absolute atomic E-state index is 9.92. The van der Waals surface area contributed by atoms with E-state index in [0.29, 0.717) is 0 Å². The third-order valence-corrected chi connectivity index (χ3v) is 2.41. The average Bonchev–Trinajstić information content (AvgIpc) is 2.50. The molecule has 0 atom stereocenters. The average molecular weight is 395 g/mol. The van der Waals surface area contributed by atoms with E-state index in [-0.39, 0.29) is 19.5 Å². The molecule has 1 aliphatic heterocycles. The first kappa shape index (κ1) is 23.4. The number of rotatable bonds is 2. The van der Waals surface area contributed by atoms with Crippen LogP contribution in [0.3, 0.4) is 0 Å². The van der Waals surface area contributed by atoms with E-state index in [4.69, 9.17) is 16.8 Å². The van der Waals surface area contributed by atoms with Gasteiger partial charge in [-0.05, 0) is 6.42 Å². The van der Waals surface area contributed by atoms with Crippen molar-refractivity contribution in [3.8, 4) is 0 Å². The van der Waals surface area contributed by atoms with Gasteiger partial charge in [-0.25, -0.2) is 0 Å². The van der Waals surface area contributed by atoms with Crippen LogP contribution in [0.4, 0.5) is 7.77 Å². The smallest absolute Gasteiger partial charge is 0.392 e. The van der Waals surface area contributed by atoms with E-state index in [1.807, 2.05) is 0 Å². The molecule has 0 amide bonds. The van der Waals surface area contributed by atoms with Crippen LogP contribution in [0.1, 0.15) is 26.2 Å². The van der Waals surface area contributed by atoms with Crippen LogP contribution >= 0.6 is 0 Å². The second-order valence-electron chi connectivity index (χ2n) is 3.89. The molecule has 0 aromatic heterocycles. The van der Waals surface area contributed by atoms with Gasteiger partial charge < -0.3 is 29.1 Å². The van der Waals surface area contributed by atoms with Crippen molar-refractivity contribution in [2.75, 3.05) is 26.7 Å². The number of likely N-dealkylation sites (tertiary alicyclic amines) is 1. The van der Waals surface area contributed by atoms with Gasteiger partial charge in [0.1, 0.15) is 0 Å². The van der Waals surface area contributed by atoms with Crippen LogP contribution < -0.4 is 0 Å². The summed E-state index contributed by atoms with van der Waals surface area (Å²) >= 11 is -6.72. The Hall–Kier alpha value is 0.343. The van der Waals surface area contributed by atoms with Gasteiger partial charge in [0.05, 0.1) is 48.9 Å². The monoisotopic (exact) mass is 396 g/mol. The molecular weight excluding hydrogens is 377 g/mol. The SMILES string of the molecule is CCC[N+]1(C)CCCC1.O=[S-](=O)F.O=[S-](=O)F.[Ru+3]. The first-order valence-corrected chi connectivity index (χ1v) is 7.03. The Morgan fingerprint density at radius 1 is 1.00 bits per heavy atom. The Labute approximate surface area is 123 Å². The topological polar surface area (TPSA) is 68.3 Å². The predicted octanol–water partition coefficient (Wildman–Crippen LogP) is 1.99. The third-order valence-electron chi connectivity index (χ3n) is 2.41. The summed E-state index contributed by atoms with van der Waals surface area (Å²) in [6.07, 6.45) is 4.25. The largest absolute Gasteiger partial charge is 3.00 e. The van der Waals surface area contributed by atoms with E-state index < -0.39 is 22.2 Å². The van der Waals surface area contributed by atoms with Gasteiger partial charge in [-0.3, -0.25) is 0 Å². The van der Waals surface area contributed by atoms with Crippen LogP contribution in [-0.4, -0.2) is 31.2 Å². The molecule has 18 heavy (non-hydrogen) atoms. The van der Waals surface area contributed by atoms with E-state index >= 15 is 0 Å². The first-order valence-electron chi connectivity index (χ1n) is 5.08. The second kappa shape index (κ2) is 13.8. The number of hydrogen-bond acceptors (Lipinski definition) is 6. The first-order chi connectivity index (χ1) is 7.73. The Morgan fingerprint density at radius 3 is 1.50 bits per heavy atom. The van der Waals surface area contributed by atoms with E-state index in [9.17, 15) is 7.77 Å². The fraction of sp³-hybridized carbons (Fsp3) is 1.00. The van der Waals surface area contributed by atoms with Crippen molar-refractivity contribution in [2.24, 2.45) is 0 Å². The van der Waals surface area contributed by atoms with Gasteiger partial charge in [-0.15, -0.1) is 0 Å². The quantitative estimate of drug-likeness (QED) is 0.310. The summed E-state index contributed by atoms with van der Waals surface area (Å²) in [4.78, 5) is 0. The summed E-state index contributed by atoms with van der Waals surface area (Å²) in [5.41, 5.74) is 0. The minimum atomic E-state index is -3.36. The molecule has 1 heterocycles. The van der Waals surface area contributed by atoms with Crippen molar-refractivity contribution in [1.82, 2.24) is 0 Å². The van der Waals surface area contributed by atoms with Gasteiger partial charge in [0.15, 0.2) is 0 Å². The molecule has 5 nitrogen and oxygen atoms in total. The van der Waals surface area contributed by atoms with Gasteiger partial charge in [0.2, 0.25) is 0 Å². The molecule has 1 aliphatic rings. The van der Waals surface area contributed by atoms with Gasteiger partial charge in [0.25, 0.3) is 0 Å². The Kier molecular flexibility index (Phi) is 17.9. The molecule has 0 unspecified atom stereocenters. The van der Waals surface area contributed by atoms with E-state index in [1.165, 1.54) is 43.4 Å². The van der Waals surface area contributed by atoms with Crippen molar-refractivity contribution >= 4 is 22.2 Å². The van der Waals surface area contributed by atoms with E-state index in [0.717, 1.165) is 0 Å². The predicted molar refractivity (Wildman–Crippen MR) is 60.0 cm³/mol. The Bertz CT molecular complexity index is 295. The Morgan fingerprint density at radius 2 is 1.28 bits per heavy atom. The molecule has 0 aromatic rings. The zero-order valence-electron chi connectivity index (χ0n) is 10.2. The summed E-state index contributed by atoms with van der Waals surface area (Å²) in [7, 11) is 2.39. The molecule has 1 saturated heterocycles. The van der Waals surface area contributed by atoms with E-state index in [2.05, 4.69) is 14.0 Å². The number of nitrogens with zero attached hydrogens (tertiary/aromatic N) is 1. The molecule has 0 spiro atoms. The molecule has 0 bridgehead atoms. The Balaban J connectivity index is -0.000000214. The zero-order valence-corrected chi connectivity index (χ0v) is 13.6. The third kappa shape index (κ3) is 21.6. The molecule has 1 fully saturated rings. The van der Waals surface area contributed by atoms with Crippen LogP contribution in [0.15, 0.2) is 0 Å². The molecular formula is C8H18F2NO4RuS2+2. The van der Waals surface area contributed by atoms with Crippen LogP contribution in [0.5, 0.6) is 0 Å². The molecule has 10 heteroatoms. The van der Waals surface area contributed by atoms with Crippen molar-refractivity contribution in [3.05, 3.63) is 0 Å². The van der Waals surface area contributed by atoms with Crippen LogP contribution in [0, 0.1) is 0 Å². The van der Waals surface area contributed by atoms with Crippen LogP contribution in [-0.2, 0) is 58.5 Å². The molecule has 0 aliphatic carbocycles. The van der Waals surface area contributed by atoms with Crippen LogP contribution in [0.25, 0.3) is 0 Å². The molecule has 1 radical (unpaired) electrons. The summed E-state index contributed by atoms with van der Waals surface area (Å²) in [6, 6.07) is 0. The molecule has 1 rings (SSSR count). The van der Waals surface area contributed by atoms with Gasteiger partial charge in [-0.2, -0.15) is 0 Å². The standard InChI is InChI=1S/C8H18N.2FO2S.Ru/c1-3-6-9(2)7-4-5-8-9;2*1-4(2)3;/h3-8H2,1-2H3;;;/q+1;2*-1;+3. The fourth-order valence-corrected chi connectivity index (χ4v) is 1.86. The minimum absolute atomic E-state index is 0. The minimum Gasteiger partial charge on any atom is -0.392 e. The van der Waals surface area contributed by atoms with Gasteiger partial charge >= 0.3 is 19.5 Å². The molecule has 0 N–H and O–H groups in total. The van der Waals surface area contributed by atoms with Crippen molar-refractivity contribution in [3.63, 3.8) is 0 Å². The van der Waals surface area contributed by atoms with Gasteiger partial charge in [-0.1, -0.05) is 6.92 Å². The number of halogens is 2. The summed E-state index contributed by atoms with van der Waals surface area (Å²) in [5, 5.41) is 0. The van der Waals surface area contributed by atoms with Crippen LogP contribution in [0.2, 0.25) is 0 Å². The van der Waals surface area contributed by atoms with Crippen molar-refractivity contribution < 1.29 is 48.6 Å². The zero-order chi connectivity index (χ0) is 13.9.